The lowest BCUT2D eigenvalue weighted by molar-refractivity contribution is -0.115. The predicted octanol–water partition coefficient (Wildman–Crippen LogP) is 4.11. The largest absolute Gasteiger partial charge is 0.362 e. The molecule has 0 aliphatic rings. The summed E-state index contributed by atoms with van der Waals surface area (Å²) in [5.74, 6) is -0.0410. The van der Waals surface area contributed by atoms with Crippen molar-refractivity contribution in [2.24, 2.45) is 0 Å². The second-order valence-electron chi connectivity index (χ2n) is 4.91. The van der Waals surface area contributed by atoms with Crippen molar-refractivity contribution in [2.45, 2.75) is 13.8 Å². The van der Waals surface area contributed by atoms with Crippen LogP contribution in [0.1, 0.15) is 12.5 Å². The molecule has 2 rings (SSSR count). The van der Waals surface area contributed by atoms with Crippen LogP contribution in [-0.2, 0) is 4.79 Å². The molecule has 110 valence electrons. The summed E-state index contributed by atoms with van der Waals surface area (Å²) in [6.45, 7) is 5.18. The molecule has 0 aliphatic heterocycles. The van der Waals surface area contributed by atoms with Crippen molar-refractivity contribution in [1.82, 2.24) is 0 Å². The van der Waals surface area contributed by atoms with Gasteiger partial charge in [0.2, 0.25) is 5.91 Å². The summed E-state index contributed by atoms with van der Waals surface area (Å²) in [4.78, 5) is 14.2. The smallest absolute Gasteiger partial charge is 0.243 e. The van der Waals surface area contributed by atoms with Gasteiger partial charge in [-0.1, -0.05) is 23.7 Å². The van der Waals surface area contributed by atoms with Crippen LogP contribution in [0.2, 0.25) is 5.02 Å². The Morgan fingerprint density at radius 3 is 2.52 bits per heavy atom. The highest BCUT2D eigenvalue weighted by atomic mass is 35.5. The van der Waals surface area contributed by atoms with Crippen LogP contribution in [0.25, 0.3) is 0 Å². The lowest BCUT2D eigenvalue weighted by Gasteiger charge is -2.22. The maximum absolute atomic E-state index is 12.1. The van der Waals surface area contributed by atoms with E-state index in [1.165, 1.54) is 5.56 Å². The Hall–Kier alpha value is -2.00. The Morgan fingerprint density at radius 1 is 1.19 bits per heavy atom. The standard InChI is InChI=1S/C17H19ClN2O/c1-3-20(16-6-4-5-13(2)11-16)12-17(21)19-15-9-7-14(18)8-10-15/h4-11H,3,12H2,1-2H3,(H,19,21). The summed E-state index contributed by atoms with van der Waals surface area (Å²) in [6.07, 6.45) is 0. The molecule has 0 saturated heterocycles. The molecule has 0 radical (unpaired) electrons. The van der Waals surface area contributed by atoms with E-state index in [4.69, 9.17) is 11.6 Å². The number of amides is 1. The third-order valence-electron chi connectivity index (χ3n) is 3.21. The topological polar surface area (TPSA) is 32.3 Å². The van der Waals surface area contributed by atoms with Gasteiger partial charge in [0.25, 0.3) is 0 Å². The first-order valence-electron chi connectivity index (χ1n) is 6.95. The Kier molecular flexibility index (Phi) is 5.23. The monoisotopic (exact) mass is 302 g/mol. The zero-order chi connectivity index (χ0) is 15.2. The Morgan fingerprint density at radius 2 is 1.90 bits per heavy atom. The van der Waals surface area contributed by atoms with Gasteiger partial charge in [0.15, 0.2) is 0 Å². The van der Waals surface area contributed by atoms with E-state index in [1.54, 1.807) is 24.3 Å². The van der Waals surface area contributed by atoms with Crippen LogP contribution < -0.4 is 10.2 Å². The van der Waals surface area contributed by atoms with Crippen molar-refractivity contribution in [3.05, 3.63) is 59.1 Å². The van der Waals surface area contributed by atoms with Crippen LogP contribution in [0, 0.1) is 6.92 Å². The maximum atomic E-state index is 12.1. The maximum Gasteiger partial charge on any atom is 0.243 e. The van der Waals surface area contributed by atoms with Crippen LogP contribution in [-0.4, -0.2) is 19.0 Å². The molecular weight excluding hydrogens is 284 g/mol. The van der Waals surface area contributed by atoms with Gasteiger partial charge in [0.05, 0.1) is 6.54 Å². The SMILES string of the molecule is CCN(CC(=O)Nc1ccc(Cl)cc1)c1cccc(C)c1. The summed E-state index contributed by atoms with van der Waals surface area (Å²) in [6, 6.07) is 15.3. The van der Waals surface area contributed by atoms with E-state index in [0.717, 1.165) is 17.9 Å². The average Bonchev–Trinajstić information content (AvgIpc) is 2.47. The highest BCUT2D eigenvalue weighted by Crippen LogP contribution is 2.16. The van der Waals surface area contributed by atoms with E-state index in [1.807, 2.05) is 36.9 Å². The molecule has 0 atom stereocenters. The van der Waals surface area contributed by atoms with Crippen molar-refractivity contribution >= 4 is 28.9 Å². The first-order chi connectivity index (χ1) is 10.1. The fourth-order valence-corrected chi connectivity index (χ4v) is 2.24. The highest BCUT2D eigenvalue weighted by Gasteiger charge is 2.10. The van der Waals surface area contributed by atoms with Gasteiger partial charge in [-0.15, -0.1) is 0 Å². The van der Waals surface area contributed by atoms with Crippen molar-refractivity contribution in [3.63, 3.8) is 0 Å². The van der Waals surface area contributed by atoms with Crippen LogP contribution >= 0.6 is 11.6 Å². The fourth-order valence-electron chi connectivity index (χ4n) is 2.12. The molecule has 0 aromatic heterocycles. The van der Waals surface area contributed by atoms with Crippen molar-refractivity contribution in [1.29, 1.82) is 0 Å². The molecule has 4 heteroatoms. The van der Waals surface area contributed by atoms with Gasteiger partial charge in [-0.25, -0.2) is 0 Å². The fraction of sp³-hybridized carbons (Fsp3) is 0.235. The quantitative estimate of drug-likeness (QED) is 0.901. The molecule has 0 bridgehead atoms. The number of halogens is 1. The summed E-state index contributed by atoms with van der Waals surface area (Å²) < 4.78 is 0. The minimum absolute atomic E-state index is 0.0410. The minimum atomic E-state index is -0.0410. The molecule has 0 saturated carbocycles. The zero-order valence-corrected chi connectivity index (χ0v) is 13.0. The molecule has 0 fully saturated rings. The first kappa shape index (κ1) is 15.4. The average molecular weight is 303 g/mol. The Labute approximate surface area is 130 Å². The second kappa shape index (κ2) is 7.14. The molecule has 0 aliphatic carbocycles. The van der Waals surface area contributed by atoms with Gasteiger partial charge in [0.1, 0.15) is 0 Å². The van der Waals surface area contributed by atoms with Crippen molar-refractivity contribution in [3.8, 4) is 0 Å². The number of rotatable bonds is 5. The second-order valence-corrected chi connectivity index (χ2v) is 5.34. The van der Waals surface area contributed by atoms with E-state index >= 15 is 0 Å². The van der Waals surface area contributed by atoms with Crippen LogP contribution in [0.15, 0.2) is 48.5 Å². The van der Waals surface area contributed by atoms with Gasteiger partial charge >= 0.3 is 0 Å². The van der Waals surface area contributed by atoms with E-state index in [9.17, 15) is 4.79 Å². The van der Waals surface area contributed by atoms with Gasteiger partial charge in [0, 0.05) is 22.9 Å². The van der Waals surface area contributed by atoms with Gasteiger partial charge in [-0.05, 0) is 55.8 Å². The first-order valence-corrected chi connectivity index (χ1v) is 7.33. The Bertz CT molecular complexity index is 610. The van der Waals surface area contributed by atoms with Gasteiger partial charge < -0.3 is 10.2 Å². The molecule has 1 N–H and O–H groups in total. The number of aryl methyl sites for hydroxylation is 1. The van der Waals surface area contributed by atoms with Crippen LogP contribution in [0.4, 0.5) is 11.4 Å². The lowest BCUT2D eigenvalue weighted by atomic mass is 10.2. The molecule has 2 aromatic carbocycles. The van der Waals surface area contributed by atoms with E-state index < -0.39 is 0 Å². The molecule has 2 aromatic rings. The number of anilines is 2. The van der Waals surface area contributed by atoms with Gasteiger partial charge in [-0.2, -0.15) is 0 Å². The number of hydrogen-bond acceptors (Lipinski definition) is 2. The summed E-state index contributed by atoms with van der Waals surface area (Å²) in [5.41, 5.74) is 3.00. The molecule has 1 amide bonds. The highest BCUT2D eigenvalue weighted by molar-refractivity contribution is 6.30. The number of nitrogens with zero attached hydrogens (tertiary/aromatic N) is 1. The summed E-state index contributed by atoms with van der Waals surface area (Å²) in [7, 11) is 0. The third kappa shape index (κ3) is 4.50. The summed E-state index contributed by atoms with van der Waals surface area (Å²) >= 11 is 5.83. The molecule has 21 heavy (non-hydrogen) atoms. The predicted molar refractivity (Wildman–Crippen MR) is 89.1 cm³/mol. The summed E-state index contributed by atoms with van der Waals surface area (Å²) in [5, 5.41) is 3.53. The third-order valence-corrected chi connectivity index (χ3v) is 3.46. The molecule has 3 nitrogen and oxygen atoms in total. The number of carbonyl (C=O) groups excluding carboxylic acids is 1. The van der Waals surface area contributed by atoms with Gasteiger partial charge in [-0.3, -0.25) is 4.79 Å². The molecule has 0 unspecified atom stereocenters. The minimum Gasteiger partial charge on any atom is -0.362 e. The van der Waals surface area contributed by atoms with E-state index in [-0.39, 0.29) is 5.91 Å². The van der Waals surface area contributed by atoms with E-state index in [0.29, 0.717) is 11.6 Å². The number of likely N-dealkylation sites (N-methyl/N-ethyl adjacent to an activating group) is 1. The number of carbonyl (C=O) groups is 1. The normalized spacial score (nSPS) is 10.2. The molecular formula is C17H19ClN2O. The van der Waals surface area contributed by atoms with E-state index in [2.05, 4.69) is 11.4 Å². The van der Waals surface area contributed by atoms with Crippen molar-refractivity contribution < 1.29 is 4.79 Å². The van der Waals surface area contributed by atoms with Crippen LogP contribution in [0.5, 0.6) is 0 Å². The van der Waals surface area contributed by atoms with Crippen molar-refractivity contribution in [2.75, 3.05) is 23.3 Å². The zero-order valence-electron chi connectivity index (χ0n) is 12.3. The van der Waals surface area contributed by atoms with Crippen LogP contribution in [0.3, 0.4) is 0 Å². The number of nitrogens with one attached hydrogen (secondary N) is 1. The Balaban J connectivity index is 2.01. The number of hydrogen-bond donors (Lipinski definition) is 1. The lowest BCUT2D eigenvalue weighted by Crippen LogP contribution is -2.33. The molecule has 0 heterocycles. The number of benzene rings is 2. The molecule has 0 spiro atoms.